The van der Waals surface area contributed by atoms with Crippen molar-refractivity contribution in [3.05, 3.63) is 0 Å². The predicted octanol–water partition coefficient (Wildman–Crippen LogP) is -0.0324. The molecule has 17 heavy (non-hydrogen) atoms. The first-order valence-corrected chi connectivity index (χ1v) is 5.24. The number of hydrogen-bond donors (Lipinski definition) is 3. The number of carboxylic acids is 2. The van der Waals surface area contributed by atoms with E-state index in [1.165, 1.54) is 0 Å². The Kier molecular flexibility index (Phi) is 15.9. The molecule has 0 unspecified atom stereocenters. The van der Waals surface area contributed by atoms with Crippen LogP contribution >= 0.6 is 0 Å². The Morgan fingerprint density at radius 1 is 0.941 bits per heavy atom. The molecule has 0 aliphatic heterocycles. The van der Waals surface area contributed by atoms with Crippen LogP contribution in [-0.2, 0) is 19.1 Å². The van der Waals surface area contributed by atoms with Crippen molar-refractivity contribution in [2.24, 2.45) is 0 Å². The maximum atomic E-state index is 9.64. The van der Waals surface area contributed by atoms with Gasteiger partial charge in [0.15, 0.2) is 0 Å². The summed E-state index contributed by atoms with van der Waals surface area (Å²) in [4.78, 5) is 19.3. The molecular weight excluding hydrogens is 232 g/mol. The molecule has 102 valence electrons. The molecule has 0 spiro atoms. The number of rotatable bonds is 9. The molecule has 0 aromatic heterocycles. The van der Waals surface area contributed by atoms with Gasteiger partial charge in [-0.05, 0) is 6.92 Å². The van der Waals surface area contributed by atoms with Gasteiger partial charge in [0.25, 0.3) is 0 Å². The summed E-state index contributed by atoms with van der Waals surface area (Å²) in [6.45, 7) is 4.36. The molecular formula is C10H20O7. The van der Waals surface area contributed by atoms with Crippen molar-refractivity contribution in [3.63, 3.8) is 0 Å². The first-order valence-electron chi connectivity index (χ1n) is 5.24. The van der Waals surface area contributed by atoms with Gasteiger partial charge in [0.2, 0.25) is 0 Å². The fourth-order valence-corrected chi connectivity index (χ4v) is 0.643. The fraction of sp³-hybridized carbons (Fsp3) is 0.800. The number of aliphatic hydroxyl groups is 1. The van der Waals surface area contributed by atoms with Crippen LogP contribution in [0.4, 0.5) is 0 Å². The van der Waals surface area contributed by atoms with Crippen LogP contribution in [0.5, 0.6) is 0 Å². The lowest BCUT2D eigenvalue weighted by Gasteiger charge is -2.00. The number of carbonyl (C=O) groups is 2. The first kappa shape index (κ1) is 18.2. The van der Waals surface area contributed by atoms with E-state index in [4.69, 9.17) is 24.8 Å². The average molecular weight is 252 g/mol. The van der Waals surface area contributed by atoms with Gasteiger partial charge in [-0.15, -0.1) is 0 Å². The highest BCUT2D eigenvalue weighted by molar-refractivity contribution is 5.75. The van der Waals surface area contributed by atoms with Crippen molar-refractivity contribution in [2.45, 2.75) is 19.8 Å². The molecule has 0 aliphatic carbocycles. The molecule has 3 N–H and O–H groups in total. The maximum absolute atomic E-state index is 9.64. The molecule has 0 rings (SSSR count). The monoisotopic (exact) mass is 252 g/mol. The molecule has 0 bridgehead atoms. The second-order valence-corrected chi connectivity index (χ2v) is 2.82. The average Bonchev–Trinajstić information content (AvgIpc) is 2.27. The van der Waals surface area contributed by atoms with Gasteiger partial charge < -0.3 is 24.8 Å². The van der Waals surface area contributed by atoms with Crippen LogP contribution < -0.4 is 0 Å². The summed E-state index contributed by atoms with van der Waals surface area (Å²) >= 11 is 0. The molecule has 0 amide bonds. The Balaban J connectivity index is 0. The Labute approximate surface area is 100.0 Å². The molecule has 0 aromatic carbocycles. The zero-order chi connectivity index (χ0) is 13.5. The highest BCUT2D eigenvalue weighted by atomic mass is 16.5. The molecule has 0 saturated heterocycles. The Hall–Kier alpha value is -1.18. The second-order valence-electron chi connectivity index (χ2n) is 2.82. The molecule has 0 atom stereocenters. The molecule has 0 aliphatic rings. The normalized spacial score (nSPS) is 9.29. The van der Waals surface area contributed by atoms with E-state index in [1.54, 1.807) is 0 Å². The van der Waals surface area contributed by atoms with E-state index in [-0.39, 0.29) is 19.4 Å². The summed E-state index contributed by atoms with van der Waals surface area (Å²) in [6.07, 6.45) is -0.593. The van der Waals surface area contributed by atoms with Crippen molar-refractivity contribution in [3.8, 4) is 0 Å². The minimum absolute atomic E-state index is 0.0894. The smallest absolute Gasteiger partial charge is 0.303 e. The molecule has 7 heteroatoms. The quantitative estimate of drug-likeness (QED) is 0.494. The van der Waals surface area contributed by atoms with E-state index < -0.39 is 11.9 Å². The summed E-state index contributed by atoms with van der Waals surface area (Å²) in [5.74, 6) is -2.15. The molecule has 0 saturated carbocycles. The number of ether oxygens (including phenoxy) is 2. The van der Waals surface area contributed by atoms with Gasteiger partial charge in [0.05, 0.1) is 39.3 Å². The maximum Gasteiger partial charge on any atom is 0.303 e. The standard InChI is InChI=1S/C6H14O3.C4H6O4/c1-2-8-5-6-9-4-3-7;5-3(6)1-2-4(7)8/h7H,2-6H2,1H3;1-2H2,(H,5,6)(H,7,8). The highest BCUT2D eigenvalue weighted by Crippen LogP contribution is 1.86. The Bertz CT molecular complexity index is 173. The molecule has 0 fully saturated rings. The third kappa shape index (κ3) is 25.3. The summed E-state index contributed by atoms with van der Waals surface area (Å²) in [7, 11) is 0. The topological polar surface area (TPSA) is 113 Å². The van der Waals surface area contributed by atoms with Gasteiger partial charge in [-0.3, -0.25) is 9.59 Å². The van der Waals surface area contributed by atoms with E-state index in [0.29, 0.717) is 19.8 Å². The molecule has 0 heterocycles. The lowest BCUT2D eigenvalue weighted by Crippen LogP contribution is -2.06. The van der Waals surface area contributed by atoms with E-state index >= 15 is 0 Å². The summed E-state index contributed by atoms with van der Waals surface area (Å²) in [6, 6.07) is 0. The largest absolute Gasteiger partial charge is 0.481 e. The third-order valence-electron chi connectivity index (χ3n) is 1.36. The molecule has 0 radical (unpaired) electrons. The SMILES string of the molecule is CCOCCOCCO.O=C(O)CCC(=O)O. The van der Waals surface area contributed by atoms with Crippen molar-refractivity contribution in [1.29, 1.82) is 0 Å². The van der Waals surface area contributed by atoms with Gasteiger partial charge in [-0.1, -0.05) is 0 Å². The fourth-order valence-electron chi connectivity index (χ4n) is 0.643. The second kappa shape index (κ2) is 14.8. The molecule has 0 aromatic rings. The third-order valence-corrected chi connectivity index (χ3v) is 1.36. The lowest BCUT2D eigenvalue weighted by molar-refractivity contribution is -0.143. The summed E-state index contributed by atoms with van der Waals surface area (Å²) in [5.41, 5.74) is 0. The van der Waals surface area contributed by atoms with Crippen LogP contribution in [0.1, 0.15) is 19.8 Å². The lowest BCUT2D eigenvalue weighted by atomic mass is 10.3. The van der Waals surface area contributed by atoms with Gasteiger partial charge >= 0.3 is 11.9 Å². The zero-order valence-corrected chi connectivity index (χ0v) is 9.92. The van der Waals surface area contributed by atoms with Crippen molar-refractivity contribution in [2.75, 3.05) is 33.0 Å². The van der Waals surface area contributed by atoms with Crippen molar-refractivity contribution in [1.82, 2.24) is 0 Å². The predicted molar refractivity (Wildman–Crippen MR) is 58.9 cm³/mol. The number of hydrogen-bond acceptors (Lipinski definition) is 5. The van der Waals surface area contributed by atoms with Gasteiger partial charge in [-0.2, -0.15) is 0 Å². The van der Waals surface area contributed by atoms with Crippen LogP contribution in [0, 0.1) is 0 Å². The minimum atomic E-state index is -1.08. The van der Waals surface area contributed by atoms with E-state index in [1.807, 2.05) is 6.92 Å². The van der Waals surface area contributed by atoms with Gasteiger partial charge in [-0.25, -0.2) is 0 Å². The summed E-state index contributed by atoms with van der Waals surface area (Å²) < 4.78 is 9.88. The van der Waals surface area contributed by atoms with Crippen molar-refractivity contribution >= 4 is 11.9 Å². The number of carboxylic acid groups (broad SMARTS) is 2. The van der Waals surface area contributed by atoms with Crippen LogP contribution in [0.25, 0.3) is 0 Å². The van der Waals surface area contributed by atoms with Crippen LogP contribution in [0.3, 0.4) is 0 Å². The number of aliphatic hydroxyl groups excluding tert-OH is 1. The van der Waals surface area contributed by atoms with E-state index in [0.717, 1.165) is 6.61 Å². The summed E-state index contributed by atoms with van der Waals surface area (Å²) in [5, 5.41) is 24.1. The van der Waals surface area contributed by atoms with Crippen LogP contribution in [0.2, 0.25) is 0 Å². The van der Waals surface area contributed by atoms with Gasteiger partial charge in [0, 0.05) is 6.61 Å². The molecule has 7 nitrogen and oxygen atoms in total. The van der Waals surface area contributed by atoms with Crippen LogP contribution in [0.15, 0.2) is 0 Å². The van der Waals surface area contributed by atoms with Crippen LogP contribution in [-0.4, -0.2) is 60.3 Å². The van der Waals surface area contributed by atoms with E-state index in [2.05, 4.69) is 0 Å². The number of aliphatic carboxylic acids is 2. The minimum Gasteiger partial charge on any atom is -0.481 e. The van der Waals surface area contributed by atoms with Crippen molar-refractivity contribution < 1.29 is 34.4 Å². The zero-order valence-electron chi connectivity index (χ0n) is 9.92. The van der Waals surface area contributed by atoms with E-state index in [9.17, 15) is 9.59 Å². The Morgan fingerprint density at radius 2 is 1.41 bits per heavy atom. The van der Waals surface area contributed by atoms with Gasteiger partial charge in [0.1, 0.15) is 0 Å². The first-order chi connectivity index (χ1) is 8.04. The Morgan fingerprint density at radius 3 is 1.76 bits per heavy atom. The highest BCUT2D eigenvalue weighted by Gasteiger charge is 2.00.